The maximum Gasteiger partial charge on any atom is 0.294 e. The summed E-state index contributed by atoms with van der Waals surface area (Å²) in [5, 5.41) is 9.14. The molecule has 0 unspecified atom stereocenters. The zero-order valence-electron chi connectivity index (χ0n) is 15.1. The number of carbonyl (C=O) groups excluding carboxylic acids is 1. The number of fused-ring (bicyclic) bond motifs is 1. The van der Waals surface area contributed by atoms with E-state index in [9.17, 15) is 4.79 Å². The summed E-state index contributed by atoms with van der Waals surface area (Å²) in [5.74, 6) is 1.03. The van der Waals surface area contributed by atoms with Crippen molar-refractivity contribution >= 4 is 23.4 Å². The van der Waals surface area contributed by atoms with E-state index < -0.39 is 0 Å². The van der Waals surface area contributed by atoms with Crippen molar-refractivity contribution in [1.29, 1.82) is 0 Å². The molecule has 2 aromatic carbocycles. The average molecular weight is 352 g/mol. The molecule has 2 aromatic rings. The Morgan fingerprint density at radius 2 is 1.92 bits per heavy atom. The van der Waals surface area contributed by atoms with Gasteiger partial charge in [-0.1, -0.05) is 38.1 Å². The van der Waals surface area contributed by atoms with Crippen LogP contribution in [0.4, 0.5) is 11.4 Å². The second-order valence-corrected chi connectivity index (χ2v) is 6.69. The first-order valence-corrected chi connectivity index (χ1v) is 8.81. The van der Waals surface area contributed by atoms with E-state index in [2.05, 4.69) is 26.0 Å². The van der Waals surface area contributed by atoms with E-state index in [-0.39, 0.29) is 18.3 Å². The van der Waals surface area contributed by atoms with Crippen LogP contribution >= 0.6 is 0 Å². The third kappa shape index (κ3) is 3.73. The Kier molecular flexibility index (Phi) is 5.28. The fourth-order valence-electron chi connectivity index (χ4n) is 2.91. The molecule has 5 heteroatoms. The summed E-state index contributed by atoms with van der Waals surface area (Å²) >= 11 is 0. The lowest BCUT2D eigenvalue weighted by Gasteiger charge is -2.30. The monoisotopic (exact) mass is 352 g/mol. The minimum absolute atomic E-state index is 0.0185. The number of hydrogen-bond donors (Lipinski definition) is 2. The van der Waals surface area contributed by atoms with Crippen LogP contribution in [0.1, 0.15) is 37.3 Å². The zero-order valence-corrected chi connectivity index (χ0v) is 15.1. The predicted molar refractivity (Wildman–Crippen MR) is 104 cm³/mol. The van der Waals surface area contributed by atoms with Gasteiger partial charge in [0.05, 0.1) is 5.69 Å². The maximum absolute atomic E-state index is 12.9. The molecule has 0 aliphatic carbocycles. The first-order valence-electron chi connectivity index (χ1n) is 8.81. The van der Waals surface area contributed by atoms with Gasteiger partial charge in [-0.3, -0.25) is 4.79 Å². The smallest absolute Gasteiger partial charge is 0.294 e. The quantitative estimate of drug-likeness (QED) is 0.637. The van der Waals surface area contributed by atoms with Gasteiger partial charge in [0.25, 0.3) is 5.91 Å². The van der Waals surface area contributed by atoms with Crippen molar-refractivity contribution in [1.82, 2.24) is 0 Å². The fourth-order valence-corrected chi connectivity index (χ4v) is 2.91. The Morgan fingerprint density at radius 1 is 1.19 bits per heavy atom. The lowest BCUT2D eigenvalue weighted by molar-refractivity contribution is -0.117. The first-order chi connectivity index (χ1) is 12.5. The van der Waals surface area contributed by atoms with E-state index in [1.807, 2.05) is 12.1 Å². The topological polar surface area (TPSA) is 75.8 Å². The molecule has 0 bridgehead atoms. The van der Waals surface area contributed by atoms with Crippen molar-refractivity contribution in [2.24, 2.45) is 0 Å². The molecule has 3 N–H and O–H groups in total. The second-order valence-electron chi connectivity index (χ2n) is 6.69. The number of rotatable bonds is 5. The fraction of sp³-hybridized carbons (Fsp3) is 0.286. The highest BCUT2D eigenvalue weighted by Gasteiger charge is 2.30. The zero-order chi connectivity index (χ0) is 18.7. The van der Waals surface area contributed by atoms with Gasteiger partial charge in [-0.25, -0.2) is 0 Å². The van der Waals surface area contributed by atoms with Crippen molar-refractivity contribution in [3.05, 3.63) is 59.4 Å². The summed E-state index contributed by atoms with van der Waals surface area (Å²) in [6.07, 6.45) is 2.23. The molecular formula is C21H24N2O3. The number of amides is 1. The molecule has 3 rings (SSSR count). The molecule has 0 saturated carbocycles. The number of anilines is 2. The molecule has 0 fully saturated rings. The number of aliphatic hydroxyl groups is 1. The standard InChI is InChI=1S/C21H24N2O3/c1-14(2)16-6-4-15(5-7-16)12-20-21(25)23(10-3-11-24)18-9-8-17(22)13-19(18)26-20/h4-9,12-14,24H,3,10-11,22H2,1-2H3/b20-12+. The molecule has 1 aliphatic heterocycles. The van der Waals surface area contributed by atoms with Crippen LogP contribution < -0.4 is 15.4 Å². The summed E-state index contributed by atoms with van der Waals surface area (Å²) in [7, 11) is 0. The van der Waals surface area contributed by atoms with Gasteiger partial charge in [-0.2, -0.15) is 0 Å². The van der Waals surface area contributed by atoms with Crippen LogP contribution in [0.15, 0.2) is 48.2 Å². The lowest BCUT2D eigenvalue weighted by Crippen LogP contribution is -2.38. The first kappa shape index (κ1) is 18.0. The molecule has 0 radical (unpaired) electrons. The number of hydrogen-bond acceptors (Lipinski definition) is 4. The van der Waals surface area contributed by atoms with Crippen LogP contribution in [0.25, 0.3) is 6.08 Å². The predicted octanol–water partition coefficient (Wildman–Crippen LogP) is 3.54. The van der Waals surface area contributed by atoms with E-state index in [0.29, 0.717) is 36.0 Å². The van der Waals surface area contributed by atoms with Crippen LogP contribution in [0.2, 0.25) is 0 Å². The van der Waals surface area contributed by atoms with Crippen molar-refractivity contribution in [3.8, 4) is 5.75 Å². The molecule has 0 spiro atoms. The van der Waals surface area contributed by atoms with Crippen molar-refractivity contribution in [3.63, 3.8) is 0 Å². The second kappa shape index (κ2) is 7.62. The van der Waals surface area contributed by atoms with Crippen LogP contribution in [0.5, 0.6) is 5.75 Å². The van der Waals surface area contributed by atoms with Gasteiger partial charge in [0, 0.05) is 24.9 Å². The van der Waals surface area contributed by atoms with Crippen molar-refractivity contribution in [2.75, 3.05) is 23.8 Å². The minimum atomic E-state index is -0.219. The van der Waals surface area contributed by atoms with E-state index in [0.717, 1.165) is 5.56 Å². The summed E-state index contributed by atoms with van der Waals surface area (Å²) in [6.45, 7) is 4.72. The largest absolute Gasteiger partial charge is 0.449 e. The Balaban J connectivity index is 1.95. The number of nitrogens with two attached hydrogens (primary N) is 1. The summed E-state index contributed by atoms with van der Waals surface area (Å²) in [5.41, 5.74) is 9.24. The van der Waals surface area contributed by atoms with Crippen molar-refractivity contribution < 1.29 is 14.6 Å². The van der Waals surface area contributed by atoms with E-state index in [1.165, 1.54) is 5.56 Å². The minimum Gasteiger partial charge on any atom is -0.449 e. The number of aliphatic hydroxyl groups excluding tert-OH is 1. The van der Waals surface area contributed by atoms with Crippen LogP contribution in [0.3, 0.4) is 0 Å². The Morgan fingerprint density at radius 3 is 2.58 bits per heavy atom. The summed E-state index contributed by atoms with van der Waals surface area (Å²) in [4.78, 5) is 14.5. The SMILES string of the molecule is CC(C)c1ccc(/C=C2/Oc3cc(N)ccc3N(CCCO)C2=O)cc1. The van der Waals surface area contributed by atoms with Gasteiger partial charge in [-0.05, 0) is 41.7 Å². The van der Waals surface area contributed by atoms with Crippen LogP contribution in [-0.2, 0) is 4.79 Å². The number of nitrogens with zero attached hydrogens (tertiary/aromatic N) is 1. The molecule has 1 aliphatic rings. The van der Waals surface area contributed by atoms with E-state index in [1.54, 1.807) is 29.2 Å². The summed E-state index contributed by atoms with van der Waals surface area (Å²) in [6, 6.07) is 13.3. The van der Waals surface area contributed by atoms with Gasteiger partial charge >= 0.3 is 0 Å². The highest BCUT2D eigenvalue weighted by molar-refractivity contribution is 6.10. The van der Waals surface area contributed by atoms with Crippen LogP contribution in [-0.4, -0.2) is 24.2 Å². The Bertz CT molecular complexity index is 826. The highest BCUT2D eigenvalue weighted by Crippen LogP contribution is 2.37. The third-order valence-electron chi connectivity index (χ3n) is 4.39. The molecule has 1 heterocycles. The van der Waals surface area contributed by atoms with Gasteiger partial charge in [0.15, 0.2) is 11.5 Å². The Hall–Kier alpha value is -2.79. The Labute approximate surface area is 153 Å². The molecule has 0 aromatic heterocycles. The number of nitrogen functional groups attached to an aromatic ring is 1. The lowest BCUT2D eigenvalue weighted by atomic mass is 10.0. The normalized spacial score (nSPS) is 15.3. The number of ether oxygens (including phenoxy) is 1. The molecule has 136 valence electrons. The number of benzene rings is 2. The van der Waals surface area contributed by atoms with E-state index in [4.69, 9.17) is 15.6 Å². The average Bonchev–Trinajstić information content (AvgIpc) is 2.62. The van der Waals surface area contributed by atoms with Crippen molar-refractivity contribution in [2.45, 2.75) is 26.2 Å². The van der Waals surface area contributed by atoms with Gasteiger partial charge in [-0.15, -0.1) is 0 Å². The molecule has 1 amide bonds. The number of carbonyl (C=O) groups is 1. The van der Waals surface area contributed by atoms with Crippen LogP contribution in [0, 0.1) is 0 Å². The molecular weight excluding hydrogens is 328 g/mol. The maximum atomic E-state index is 12.9. The third-order valence-corrected chi connectivity index (χ3v) is 4.39. The van der Waals surface area contributed by atoms with Gasteiger partial charge < -0.3 is 20.5 Å². The molecule has 0 atom stereocenters. The van der Waals surface area contributed by atoms with Gasteiger partial charge in [0.1, 0.15) is 0 Å². The molecule has 26 heavy (non-hydrogen) atoms. The molecule has 5 nitrogen and oxygen atoms in total. The summed E-state index contributed by atoms with van der Waals surface area (Å²) < 4.78 is 5.84. The molecule has 0 saturated heterocycles. The highest BCUT2D eigenvalue weighted by atomic mass is 16.5. The van der Waals surface area contributed by atoms with Gasteiger partial charge in [0.2, 0.25) is 0 Å². The van der Waals surface area contributed by atoms with E-state index >= 15 is 0 Å².